The first kappa shape index (κ1) is 15.9. The van der Waals surface area contributed by atoms with Crippen molar-refractivity contribution >= 4 is 17.3 Å². The van der Waals surface area contributed by atoms with Crippen LogP contribution in [0, 0.1) is 13.8 Å². The maximum atomic E-state index is 5.26. The van der Waals surface area contributed by atoms with E-state index in [1.807, 2.05) is 18.7 Å². The van der Waals surface area contributed by atoms with Crippen LogP contribution >= 0.6 is 12.2 Å². The molecule has 5 nitrogen and oxygen atoms in total. The molecule has 0 spiro atoms. The molecular weight excluding hydrogens is 258 g/mol. The van der Waals surface area contributed by atoms with Crippen molar-refractivity contribution in [1.29, 1.82) is 0 Å². The average Bonchev–Trinajstić information content (AvgIpc) is 2.57. The Morgan fingerprint density at radius 1 is 1.32 bits per heavy atom. The van der Waals surface area contributed by atoms with Crippen LogP contribution in [0.5, 0.6) is 0 Å². The Morgan fingerprint density at radius 3 is 2.53 bits per heavy atom. The van der Waals surface area contributed by atoms with E-state index in [1.165, 1.54) is 11.3 Å². The maximum Gasteiger partial charge on any atom is 0.166 e. The third-order valence-electron chi connectivity index (χ3n) is 3.15. The Balaban J connectivity index is 2.30. The minimum absolute atomic E-state index is 0.710. The highest BCUT2D eigenvalue weighted by Crippen LogP contribution is 2.10. The van der Waals surface area contributed by atoms with Crippen LogP contribution < -0.4 is 10.6 Å². The van der Waals surface area contributed by atoms with Crippen molar-refractivity contribution in [3.8, 4) is 0 Å². The lowest BCUT2D eigenvalue weighted by molar-refractivity contribution is 0.400. The molecule has 1 rings (SSSR count). The molecule has 2 N–H and O–H groups in total. The summed E-state index contributed by atoms with van der Waals surface area (Å²) in [6.07, 6.45) is 1.08. The summed E-state index contributed by atoms with van der Waals surface area (Å²) in [5.74, 6) is 0. The zero-order valence-electron chi connectivity index (χ0n) is 12.6. The van der Waals surface area contributed by atoms with Crippen LogP contribution in [-0.4, -0.2) is 47.0 Å². The molecule has 1 heterocycles. The lowest BCUT2D eigenvalue weighted by atomic mass is 10.2. The van der Waals surface area contributed by atoms with Crippen molar-refractivity contribution in [3.63, 3.8) is 0 Å². The van der Waals surface area contributed by atoms with Gasteiger partial charge in [-0.1, -0.05) is 0 Å². The van der Waals surface area contributed by atoms with E-state index in [4.69, 9.17) is 12.2 Å². The van der Waals surface area contributed by atoms with Gasteiger partial charge in [0.1, 0.15) is 0 Å². The third kappa shape index (κ3) is 5.16. The van der Waals surface area contributed by atoms with E-state index in [9.17, 15) is 0 Å². The fraction of sp³-hybridized carbons (Fsp3) is 0.692. The number of aromatic nitrogens is 2. The first-order chi connectivity index (χ1) is 8.91. The van der Waals surface area contributed by atoms with Crippen LogP contribution in [0.1, 0.15) is 23.4 Å². The van der Waals surface area contributed by atoms with Gasteiger partial charge in [0.05, 0.1) is 5.69 Å². The highest BCUT2D eigenvalue weighted by atomic mass is 32.1. The highest BCUT2D eigenvalue weighted by Gasteiger charge is 2.09. The van der Waals surface area contributed by atoms with Gasteiger partial charge < -0.3 is 15.5 Å². The normalized spacial score (nSPS) is 10.8. The van der Waals surface area contributed by atoms with Gasteiger partial charge in [0, 0.05) is 31.4 Å². The number of nitrogens with one attached hydrogen (secondary N) is 2. The van der Waals surface area contributed by atoms with Crippen LogP contribution in [0.2, 0.25) is 0 Å². The summed E-state index contributed by atoms with van der Waals surface area (Å²) in [6, 6.07) is 0. The van der Waals surface area contributed by atoms with E-state index in [0.717, 1.165) is 31.7 Å². The lowest BCUT2D eigenvalue weighted by Gasteiger charge is -2.12. The van der Waals surface area contributed by atoms with Crippen molar-refractivity contribution in [1.82, 2.24) is 25.3 Å². The summed E-state index contributed by atoms with van der Waals surface area (Å²) in [5.41, 5.74) is 3.46. The zero-order chi connectivity index (χ0) is 14.4. The quantitative estimate of drug-likeness (QED) is 0.601. The van der Waals surface area contributed by atoms with Crippen molar-refractivity contribution in [2.75, 3.05) is 27.2 Å². The molecule has 0 saturated heterocycles. The Labute approximate surface area is 121 Å². The van der Waals surface area contributed by atoms with Gasteiger partial charge in [0.15, 0.2) is 5.11 Å². The van der Waals surface area contributed by atoms with E-state index < -0.39 is 0 Å². The van der Waals surface area contributed by atoms with Crippen molar-refractivity contribution < 1.29 is 0 Å². The highest BCUT2D eigenvalue weighted by molar-refractivity contribution is 7.80. The molecular formula is C13H25N5S. The Bertz CT molecular complexity index is 425. The van der Waals surface area contributed by atoms with Crippen molar-refractivity contribution in [3.05, 3.63) is 17.0 Å². The molecule has 0 atom stereocenters. The molecule has 6 heteroatoms. The smallest absolute Gasteiger partial charge is 0.166 e. The maximum absolute atomic E-state index is 5.26. The molecule has 0 radical (unpaired) electrons. The van der Waals surface area contributed by atoms with E-state index in [1.54, 1.807) is 0 Å². The molecule has 1 aromatic heterocycles. The van der Waals surface area contributed by atoms with Crippen LogP contribution in [0.25, 0.3) is 0 Å². The predicted molar refractivity (Wildman–Crippen MR) is 83.3 cm³/mol. The van der Waals surface area contributed by atoms with Gasteiger partial charge in [-0.3, -0.25) is 4.68 Å². The molecule has 0 amide bonds. The van der Waals surface area contributed by atoms with Gasteiger partial charge in [0.2, 0.25) is 0 Å². The molecule has 1 aromatic rings. The summed E-state index contributed by atoms with van der Waals surface area (Å²) in [6.45, 7) is 6.79. The fourth-order valence-corrected chi connectivity index (χ4v) is 2.08. The van der Waals surface area contributed by atoms with E-state index in [0.29, 0.717) is 5.11 Å². The largest absolute Gasteiger partial charge is 0.363 e. The van der Waals surface area contributed by atoms with Gasteiger partial charge in [-0.2, -0.15) is 5.10 Å². The third-order valence-corrected chi connectivity index (χ3v) is 3.44. The summed E-state index contributed by atoms with van der Waals surface area (Å²) >= 11 is 5.26. The second-order valence-electron chi connectivity index (χ2n) is 5.04. The number of rotatable bonds is 6. The fourth-order valence-electron chi connectivity index (χ4n) is 1.90. The van der Waals surface area contributed by atoms with Crippen LogP contribution in [0.3, 0.4) is 0 Å². The van der Waals surface area contributed by atoms with Crippen LogP contribution in [0.15, 0.2) is 0 Å². The van der Waals surface area contributed by atoms with Crippen molar-refractivity contribution in [2.24, 2.45) is 7.05 Å². The molecule has 0 saturated carbocycles. The first-order valence-electron chi connectivity index (χ1n) is 6.57. The molecule has 0 aromatic carbocycles. The van der Waals surface area contributed by atoms with Gasteiger partial charge in [-0.15, -0.1) is 0 Å². The topological polar surface area (TPSA) is 45.1 Å². The summed E-state index contributed by atoms with van der Waals surface area (Å²) < 4.78 is 1.90. The molecule has 0 aliphatic rings. The standard InChI is InChI=1S/C13H25N5S/c1-10-12(11(2)18(5)16-10)9-15-13(19)14-7-6-8-17(3)4/h6-9H2,1-5H3,(H2,14,15,19). The Morgan fingerprint density at radius 2 is 2.00 bits per heavy atom. The number of nitrogens with zero attached hydrogens (tertiary/aromatic N) is 3. The van der Waals surface area contributed by atoms with Gasteiger partial charge in [-0.25, -0.2) is 0 Å². The van der Waals surface area contributed by atoms with E-state index in [2.05, 4.69) is 41.7 Å². The van der Waals surface area contributed by atoms with E-state index in [-0.39, 0.29) is 0 Å². The molecule has 108 valence electrons. The molecule has 0 aliphatic heterocycles. The van der Waals surface area contributed by atoms with Gasteiger partial charge in [-0.05, 0) is 53.1 Å². The van der Waals surface area contributed by atoms with E-state index >= 15 is 0 Å². The second kappa shape index (κ2) is 7.45. The number of aryl methyl sites for hydroxylation is 2. The van der Waals surface area contributed by atoms with Gasteiger partial charge >= 0.3 is 0 Å². The molecule has 0 unspecified atom stereocenters. The monoisotopic (exact) mass is 283 g/mol. The minimum atomic E-state index is 0.710. The average molecular weight is 283 g/mol. The van der Waals surface area contributed by atoms with Crippen molar-refractivity contribution in [2.45, 2.75) is 26.8 Å². The second-order valence-corrected chi connectivity index (χ2v) is 5.45. The zero-order valence-corrected chi connectivity index (χ0v) is 13.4. The molecule has 0 fully saturated rings. The molecule has 19 heavy (non-hydrogen) atoms. The number of hydrogen-bond donors (Lipinski definition) is 2. The molecule has 0 aliphatic carbocycles. The first-order valence-corrected chi connectivity index (χ1v) is 6.98. The molecule has 0 bridgehead atoms. The van der Waals surface area contributed by atoms with Crippen LogP contribution in [-0.2, 0) is 13.6 Å². The number of thiocarbonyl (C=S) groups is 1. The minimum Gasteiger partial charge on any atom is -0.363 e. The number of hydrogen-bond acceptors (Lipinski definition) is 3. The summed E-state index contributed by atoms with van der Waals surface area (Å²) in [7, 11) is 6.11. The van der Waals surface area contributed by atoms with Gasteiger partial charge in [0.25, 0.3) is 0 Å². The lowest BCUT2D eigenvalue weighted by Crippen LogP contribution is -2.36. The SMILES string of the molecule is Cc1nn(C)c(C)c1CNC(=S)NCCCN(C)C. The Hall–Kier alpha value is -1.14. The summed E-state index contributed by atoms with van der Waals surface area (Å²) in [4.78, 5) is 2.17. The predicted octanol–water partition coefficient (Wildman–Crippen LogP) is 0.953. The summed E-state index contributed by atoms with van der Waals surface area (Å²) in [5, 5.41) is 11.6. The Kier molecular flexibility index (Phi) is 6.24. The van der Waals surface area contributed by atoms with Crippen LogP contribution in [0.4, 0.5) is 0 Å².